The highest BCUT2D eigenvalue weighted by Crippen LogP contribution is 2.13. The molecule has 0 aliphatic heterocycles. The first-order valence-corrected chi connectivity index (χ1v) is 6.10. The number of allylic oxidation sites excluding steroid dienone is 1. The van der Waals surface area contributed by atoms with E-state index < -0.39 is 5.60 Å². The number of esters is 1. The Morgan fingerprint density at radius 3 is 2.41 bits per heavy atom. The van der Waals surface area contributed by atoms with Crippen molar-refractivity contribution in [2.24, 2.45) is 5.92 Å². The Kier molecular flexibility index (Phi) is 6.78. The molecular formula is C14H24O3. The summed E-state index contributed by atoms with van der Waals surface area (Å²) in [6, 6.07) is 0. The quantitative estimate of drug-likeness (QED) is 0.406. The van der Waals surface area contributed by atoms with Gasteiger partial charge in [-0.05, 0) is 46.5 Å². The monoisotopic (exact) mass is 240 g/mol. The van der Waals surface area contributed by atoms with Crippen LogP contribution in [-0.2, 0) is 14.3 Å². The third kappa shape index (κ3) is 8.66. The Morgan fingerprint density at radius 1 is 1.35 bits per heavy atom. The van der Waals surface area contributed by atoms with Gasteiger partial charge in [-0.25, -0.2) is 4.79 Å². The SMILES string of the molecule is C/C(=C\CC[C@H](C)CC=O)C(=O)OC(C)(C)C. The Bertz CT molecular complexity index is 284. The van der Waals surface area contributed by atoms with Crippen molar-refractivity contribution in [2.75, 3.05) is 0 Å². The molecule has 0 saturated heterocycles. The first kappa shape index (κ1) is 15.9. The predicted molar refractivity (Wildman–Crippen MR) is 68.7 cm³/mol. The fourth-order valence-electron chi connectivity index (χ4n) is 1.31. The maximum Gasteiger partial charge on any atom is 0.333 e. The molecule has 0 fully saturated rings. The largest absolute Gasteiger partial charge is 0.457 e. The van der Waals surface area contributed by atoms with Gasteiger partial charge in [0.15, 0.2) is 0 Å². The van der Waals surface area contributed by atoms with Gasteiger partial charge in [0.2, 0.25) is 0 Å². The molecule has 0 bridgehead atoms. The lowest BCUT2D eigenvalue weighted by molar-refractivity contribution is -0.149. The summed E-state index contributed by atoms with van der Waals surface area (Å²) in [5.41, 5.74) is 0.190. The highest BCUT2D eigenvalue weighted by molar-refractivity contribution is 5.87. The van der Waals surface area contributed by atoms with Crippen LogP contribution < -0.4 is 0 Å². The summed E-state index contributed by atoms with van der Waals surface area (Å²) in [7, 11) is 0. The van der Waals surface area contributed by atoms with Gasteiger partial charge in [-0.3, -0.25) is 0 Å². The fraction of sp³-hybridized carbons (Fsp3) is 0.714. The molecule has 0 heterocycles. The molecule has 1 atom stereocenters. The minimum atomic E-state index is -0.447. The highest BCUT2D eigenvalue weighted by Gasteiger charge is 2.17. The third-order valence-electron chi connectivity index (χ3n) is 2.33. The summed E-state index contributed by atoms with van der Waals surface area (Å²) in [4.78, 5) is 21.9. The molecule has 17 heavy (non-hydrogen) atoms. The molecule has 0 aliphatic rings. The van der Waals surface area contributed by atoms with Gasteiger partial charge in [0, 0.05) is 12.0 Å². The molecule has 0 amide bonds. The van der Waals surface area contributed by atoms with Crippen LogP contribution in [0.15, 0.2) is 11.6 Å². The van der Waals surface area contributed by atoms with Gasteiger partial charge in [0.05, 0.1) is 0 Å². The first-order chi connectivity index (χ1) is 7.76. The maximum atomic E-state index is 11.6. The second kappa shape index (κ2) is 7.25. The van der Waals surface area contributed by atoms with Crippen LogP contribution in [0.25, 0.3) is 0 Å². The van der Waals surface area contributed by atoms with Gasteiger partial charge in [-0.1, -0.05) is 13.0 Å². The Morgan fingerprint density at radius 2 is 1.94 bits per heavy atom. The van der Waals surface area contributed by atoms with Crippen molar-refractivity contribution in [3.8, 4) is 0 Å². The molecule has 0 unspecified atom stereocenters. The Labute approximate surface area is 104 Å². The zero-order chi connectivity index (χ0) is 13.5. The van der Waals surface area contributed by atoms with Crippen LogP contribution in [0.3, 0.4) is 0 Å². The minimum Gasteiger partial charge on any atom is -0.457 e. The van der Waals surface area contributed by atoms with E-state index in [0.29, 0.717) is 17.9 Å². The van der Waals surface area contributed by atoms with Crippen LogP contribution in [0.1, 0.15) is 53.9 Å². The summed E-state index contributed by atoms with van der Waals surface area (Å²) in [5.74, 6) is 0.107. The van der Waals surface area contributed by atoms with Crippen molar-refractivity contribution in [2.45, 2.75) is 59.5 Å². The molecule has 3 nitrogen and oxygen atoms in total. The molecule has 0 aliphatic carbocycles. The van der Waals surface area contributed by atoms with E-state index in [1.807, 2.05) is 33.8 Å². The number of aldehydes is 1. The van der Waals surface area contributed by atoms with E-state index in [9.17, 15) is 9.59 Å². The first-order valence-electron chi connectivity index (χ1n) is 6.10. The summed E-state index contributed by atoms with van der Waals surface area (Å²) in [6.07, 6.45) is 5.13. The summed E-state index contributed by atoms with van der Waals surface area (Å²) < 4.78 is 5.24. The van der Waals surface area contributed by atoms with Crippen LogP contribution in [0.4, 0.5) is 0 Å². The van der Waals surface area contributed by atoms with E-state index in [-0.39, 0.29) is 5.97 Å². The van der Waals surface area contributed by atoms with E-state index in [2.05, 4.69) is 0 Å². The van der Waals surface area contributed by atoms with E-state index in [1.54, 1.807) is 6.92 Å². The lowest BCUT2D eigenvalue weighted by atomic mass is 10.0. The summed E-state index contributed by atoms with van der Waals surface area (Å²) in [6.45, 7) is 9.35. The maximum absolute atomic E-state index is 11.6. The number of hydrogen-bond acceptors (Lipinski definition) is 3. The van der Waals surface area contributed by atoms with E-state index >= 15 is 0 Å². The van der Waals surface area contributed by atoms with E-state index in [4.69, 9.17) is 4.74 Å². The summed E-state index contributed by atoms with van der Waals surface area (Å²) in [5, 5.41) is 0. The molecule has 0 aromatic carbocycles. The average Bonchev–Trinajstić information content (AvgIpc) is 2.15. The number of rotatable bonds is 6. The second-order valence-corrected chi connectivity index (χ2v) is 5.47. The van der Waals surface area contributed by atoms with Gasteiger partial charge >= 0.3 is 5.97 Å². The van der Waals surface area contributed by atoms with E-state index in [1.165, 1.54) is 0 Å². The lowest BCUT2D eigenvalue weighted by Gasteiger charge is -2.19. The van der Waals surface area contributed by atoms with E-state index in [0.717, 1.165) is 19.1 Å². The third-order valence-corrected chi connectivity index (χ3v) is 2.33. The molecule has 0 radical (unpaired) electrons. The average molecular weight is 240 g/mol. The Balaban J connectivity index is 4.09. The van der Waals surface area contributed by atoms with Gasteiger partial charge in [0.25, 0.3) is 0 Å². The normalized spacial score (nSPS) is 14.3. The van der Waals surface area contributed by atoms with Crippen molar-refractivity contribution in [1.29, 1.82) is 0 Å². The van der Waals surface area contributed by atoms with Crippen molar-refractivity contribution in [3.05, 3.63) is 11.6 Å². The van der Waals surface area contributed by atoms with Crippen LogP contribution in [0, 0.1) is 5.92 Å². The molecule has 0 spiro atoms. The fourth-order valence-corrected chi connectivity index (χ4v) is 1.31. The molecule has 0 saturated carbocycles. The number of ether oxygens (including phenoxy) is 1. The standard InChI is InChI=1S/C14H24O3/c1-11(9-10-15)7-6-8-12(2)13(16)17-14(3,4)5/h8,10-11H,6-7,9H2,1-5H3/b12-8+/t11-/m0/s1. The molecule has 0 rings (SSSR count). The molecular weight excluding hydrogens is 216 g/mol. The number of carbonyl (C=O) groups is 2. The Hall–Kier alpha value is -1.12. The number of hydrogen-bond donors (Lipinski definition) is 0. The zero-order valence-electron chi connectivity index (χ0n) is 11.6. The van der Waals surface area contributed by atoms with Crippen LogP contribution in [0.5, 0.6) is 0 Å². The molecule has 0 N–H and O–H groups in total. The van der Waals surface area contributed by atoms with Crippen LogP contribution in [-0.4, -0.2) is 17.9 Å². The lowest BCUT2D eigenvalue weighted by Crippen LogP contribution is -2.24. The van der Waals surface area contributed by atoms with Crippen molar-refractivity contribution in [1.82, 2.24) is 0 Å². The van der Waals surface area contributed by atoms with Crippen molar-refractivity contribution in [3.63, 3.8) is 0 Å². The van der Waals surface area contributed by atoms with Gasteiger partial charge in [0.1, 0.15) is 11.9 Å². The highest BCUT2D eigenvalue weighted by atomic mass is 16.6. The molecule has 3 heteroatoms. The van der Waals surface area contributed by atoms with Gasteiger partial charge in [-0.2, -0.15) is 0 Å². The predicted octanol–water partition coefficient (Wildman–Crippen LogP) is 3.28. The van der Waals surface area contributed by atoms with Gasteiger partial charge in [-0.15, -0.1) is 0 Å². The smallest absolute Gasteiger partial charge is 0.333 e. The second-order valence-electron chi connectivity index (χ2n) is 5.47. The zero-order valence-corrected chi connectivity index (χ0v) is 11.6. The van der Waals surface area contributed by atoms with Crippen LogP contribution >= 0.6 is 0 Å². The summed E-state index contributed by atoms with van der Waals surface area (Å²) >= 11 is 0. The molecule has 0 aromatic heterocycles. The minimum absolute atomic E-state index is 0.263. The molecule has 98 valence electrons. The van der Waals surface area contributed by atoms with Crippen LogP contribution in [0.2, 0.25) is 0 Å². The number of carbonyl (C=O) groups excluding carboxylic acids is 2. The molecule has 0 aromatic rings. The van der Waals surface area contributed by atoms with Gasteiger partial charge < -0.3 is 9.53 Å². The van der Waals surface area contributed by atoms with Crippen molar-refractivity contribution < 1.29 is 14.3 Å². The topological polar surface area (TPSA) is 43.4 Å². The van der Waals surface area contributed by atoms with Crippen molar-refractivity contribution >= 4 is 12.3 Å².